The largest absolute Gasteiger partial charge is 0.508 e. The molecule has 0 saturated heterocycles. The van der Waals surface area contributed by atoms with E-state index in [1.165, 1.54) is 0 Å². The van der Waals surface area contributed by atoms with Crippen LogP contribution in [0.15, 0.2) is 22.7 Å². The number of aromatic hydroxyl groups is 1. The van der Waals surface area contributed by atoms with Crippen LogP contribution < -0.4 is 0 Å². The maximum Gasteiger partial charge on any atom is 0.118 e. The highest BCUT2D eigenvalue weighted by Gasteiger charge is 2.04. The second-order valence-corrected chi connectivity index (χ2v) is 3.74. The summed E-state index contributed by atoms with van der Waals surface area (Å²) in [6.07, 6.45) is 0.0517. The van der Waals surface area contributed by atoms with Crippen molar-refractivity contribution in [3.8, 4) is 5.75 Å². The van der Waals surface area contributed by atoms with E-state index in [-0.39, 0.29) is 5.75 Å². The van der Waals surface area contributed by atoms with Gasteiger partial charge in [0.1, 0.15) is 5.75 Å². The molecule has 0 aromatic heterocycles. The standard InChI is InChI=1S/C9H11BrO2/c1-6(11)4-7-5-8(10)2-3-9(7)12/h2-3,5-6,11-12H,4H2,1H3/t6-/m0/s1. The van der Waals surface area contributed by atoms with Crippen molar-refractivity contribution in [1.29, 1.82) is 0 Å². The van der Waals surface area contributed by atoms with Crippen LogP contribution in [0.25, 0.3) is 0 Å². The number of rotatable bonds is 2. The van der Waals surface area contributed by atoms with Gasteiger partial charge in [-0.1, -0.05) is 15.9 Å². The smallest absolute Gasteiger partial charge is 0.118 e. The molecule has 0 heterocycles. The summed E-state index contributed by atoms with van der Waals surface area (Å²) in [7, 11) is 0. The van der Waals surface area contributed by atoms with Crippen molar-refractivity contribution >= 4 is 15.9 Å². The van der Waals surface area contributed by atoms with Gasteiger partial charge < -0.3 is 10.2 Å². The molecule has 0 radical (unpaired) electrons. The van der Waals surface area contributed by atoms with Gasteiger partial charge in [-0.25, -0.2) is 0 Å². The van der Waals surface area contributed by atoms with Crippen molar-refractivity contribution < 1.29 is 10.2 Å². The number of halogens is 1. The number of hydrogen-bond acceptors (Lipinski definition) is 2. The summed E-state index contributed by atoms with van der Waals surface area (Å²) >= 11 is 3.29. The van der Waals surface area contributed by atoms with Crippen LogP contribution in [-0.2, 0) is 6.42 Å². The summed E-state index contributed by atoms with van der Waals surface area (Å²) in [5.74, 6) is 0.235. The number of benzene rings is 1. The third-order valence-corrected chi connectivity index (χ3v) is 2.05. The van der Waals surface area contributed by atoms with Crippen LogP contribution >= 0.6 is 15.9 Å². The Hall–Kier alpha value is -0.540. The van der Waals surface area contributed by atoms with Crippen LogP contribution in [0.5, 0.6) is 5.75 Å². The molecular formula is C9H11BrO2. The minimum atomic E-state index is -0.426. The van der Waals surface area contributed by atoms with Crippen molar-refractivity contribution in [2.24, 2.45) is 0 Å². The molecule has 1 aromatic rings. The van der Waals surface area contributed by atoms with Crippen molar-refractivity contribution in [3.63, 3.8) is 0 Å². The first-order valence-electron chi connectivity index (χ1n) is 3.75. The highest BCUT2D eigenvalue weighted by Crippen LogP contribution is 2.22. The Morgan fingerprint density at radius 2 is 2.17 bits per heavy atom. The topological polar surface area (TPSA) is 40.5 Å². The summed E-state index contributed by atoms with van der Waals surface area (Å²) in [4.78, 5) is 0. The lowest BCUT2D eigenvalue weighted by molar-refractivity contribution is 0.194. The van der Waals surface area contributed by atoms with Gasteiger partial charge in [0.05, 0.1) is 6.10 Å². The third-order valence-electron chi connectivity index (χ3n) is 1.56. The summed E-state index contributed by atoms with van der Waals surface area (Å²) in [5.41, 5.74) is 0.763. The molecule has 3 heteroatoms. The zero-order chi connectivity index (χ0) is 9.14. The maximum absolute atomic E-state index is 9.35. The Bertz CT molecular complexity index is 271. The third kappa shape index (κ3) is 2.50. The SMILES string of the molecule is C[C@H](O)Cc1cc(Br)ccc1O. The van der Waals surface area contributed by atoms with Gasteiger partial charge in [-0.05, 0) is 30.7 Å². The number of aliphatic hydroxyl groups is 1. The van der Waals surface area contributed by atoms with E-state index in [9.17, 15) is 5.11 Å². The predicted octanol–water partition coefficient (Wildman–Crippen LogP) is 2.08. The number of hydrogen-bond donors (Lipinski definition) is 2. The fourth-order valence-electron chi connectivity index (χ4n) is 1.04. The van der Waals surface area contributed by atoms with E-state index >= 15 is 0 Å². The van der Waals surface area contributed by atoms with E-state index in [1.54, 1.807) is 19.1 Å². The van der Waals surface area contributed by atoms with E-state index in [2.05, 4.69) is 15.9 Å². The minimum absolute atomic E-state index is 0.235. The summed E-state index contributed by atoms with van der Waals surface area (Å²) in [6, 6.07) is 5.19. The van der Waals surface area contributed by atoms with Gasteiger partial charge in [0.15, 0.2) is 0 Å². The molecule has 2 nitrogen and oxygen atoms in total. The van der Waals surface area contributed by atoms with E-state index in [0.717, 1.165) is 10.0 Å². The molecule has 0 unspecified atom stereocenters. The number of phenolic OH excluding ortho intramolecular Hbond substituents is 1. The van der Waals surface area contributed by atoms with Crippen LogP contribution in [0.3, 0.4) is 0 Å². The molecule has 1 atom stereocenters. The Morgan fingerprint density at radius 1 is 1.50 bits per heavy atom. The first-order valence-corrected chi connectivity index (χ1v) is 4.54. The minimum Gasteiger partial charge on any atom is -0.508 e. The Labute approximate surface area is 80.0 Å². The molecule has 1 rings (SSSR count). The fourth-order valence-corrected chi connectivity index (χ4v) is 1.44. The Balaban J connectivity index is 2.90. The first kappa shape index (κ1) is 9.55. The molecule has 0 aliphatic carbocycles. The molecule has 0 bridgehead atoms. The van der Waals surface area contributed by atoms with Crippen LogP contribution in [0, 0.1) is 0 Å². The van der Waals surface area contributed by atoms with Crippen LogP contribution in [0.1, 0.15) is 12.5 Å². The van der Waals surface area contributed by atoms with Crippen LogP contribution in [0.4, 0.5) is 0 Å². The molecular weight excluding hydrogens is 220 g/mol. The van der Waals surface area contributed by atoms with E-state index < -0.39 is 6.10 Å². The Kier molecular flexibility index (Phi) is 3.12. The average molecular weight is 231 g/mol. The van der Waals surface area contributed by atoms with Gasteiger partial charge in [-0.2, -0.15) is 0 Å². The van der Waals surface area contributed by atoms with E-state index in [1.807, 2.05) is 6.07 Å². The molecule has 0 aliphatic rings. The van der Waals surface area contributed by atoms with Crippen molar-refractivity contribution in [2.75, 3.05) is 0 Å². The molecule has 12 heavy (non-hydrogen) atoms. The zero-order valence-electron chi connectivity index (χ0n) is 6.79. The fraction of sp³-hybridized carbons (Fsp3) is 0.333. The summed E-state index contributed by atoms with van der Waals surface area (Å²) in [6.45, 7) is 1.69. The molecule has 0 saturated carbocycles. The van der Waals surface area contributed by atoms with Gasteiger partial charge >= 0.3 is 0 Å². The Morgan fingerprint density at radius 3 is 2.75 bits per heavy atom. The highest BCUT2D eigenvalue weighted by molar-refractivity contribution is 9.10. The van der Waals surface area contributed by atoms with Crippen molar-refractivity contribution in [3.05, 3.63) is 28.2 Å². The summed E-state index contributed by atoms with van der Waals surface area (Å²) < 4.78 is 0.913. The highest BCUT2D eigenvalue weighted by atomic mass is 79.9. The molecule has 0 aliphatic heterocycles. The van der Waals surface area contributed by atoms with Gasteiger partial charge in [-0.15, -0.1) is 0 Å². The number of phenols is 1. The van der Waals surface area contributed by atoms with Crippen molar-refractivity contribution in [2.45, 2.75) is 19.4 Å². The second kappa shape index (κ2) is 3.92. The zero-order valence-corrected chi connectivity index (χ0v) is 8.37. The lowest BCUT2D eigenvalue weighted by Crippen LogP contribution is -2.04. The molecule has 1 aromatic carbocycles. The van der Waals surface area contributed by atoms with E-state index in [4.69, 9.17) is 5.11 Å². The molecule has 0 fully saturated rings. The normalized spacial score (nSPS) is 12.9. The molecule has 0 amide bonds. The van der Waals surface area contributed by atoms with Gasteiger partial charge in [0, 0.05) is 10.9 Å². The van der Waals surface area contributed by atoms with Gasteiger partial charge in [-0.3, -0.25) is 0 Å². The van der Waals surface area contributed by atoms with Crippen LogP contribution in [0.2, 0.25) is 0 Å². The molecule has 0 spiro atoms. The van der Waals surface area contributed by atoms with Crippen LogP contribution in [-0.4, -0.2) is 16.3 Å². The van der Waals surface area contributed by atoms with Gasteiger partial charge in [0.2, 0.25) is 0 Å². The van der Waals surface area contributed by atoms with Gasteiger partial charge in [0.25, 0.3) is 0 Å². The average Bonchev–Trinajstić information content (AvgIpc) is 1.96. The number of aliphatic hydroxyl groups excluding tert-OH is 1. The first-order chi connectivity index (χ1) is 5.59. The van der Waals surface area contributed by atoms with Crippen molar-refractivity contribution in [1.82, 2.24) is 0 Å². The summed E-state index contributed by atoms with van der Waals surface area (Å²) in [5, 5.41) is 18.4. The maximum atomic E-state index is 9.35. The second-order valence-electron chi connectivity index (χ2n) is 2.83. The molecule has 2 N–H and O–H groups in total. The predicted molar refractivity (Wildman–Crippen MR) is 51.2 cm³/mol. The van der Waals surface area contributed by atoms with E-state index in [0.29, 0.717) is 6.42 Å². The quantitative estimate of drug-likeness (QED) is 0.817. The monoisotopic (exact) mass is 230 g/mol. The lowest BCUT2D eigenvalue weighted by Gasteiger charge is -2.06. The lowest BCUT2D eigenvalue weighted by atomic mass is 10.1. The molecule has 66 valence electrons.